The van der Waals surface area contributed by atoms with Gasteiger partial charge in [-0.3, -0.25) is 4.68 Å². The highest BCUT2D eigenvalue weighted by molar-refractivity contribution is 5.25. The molecule has 0 radical (unpaired) electrons. The Morgan fingerprint density at radius 1 is 1.32 bits per heavy atom. The number of hydrogen-bond donors (Lipinski definition) is 1. The minimum atomic E-state index is 0.510. The third-order valence-electron chi connectivity index (χ3n) is 3.79. The van der Waals surface area contributed by atoms with Crippen LogP contribution in [0, 0.1) is 12.8 Å². The van der Waals surface area contributed by atoms with Crippen LogP contribution >= 0.6 is 0 Å². The predicted molar refractivity (Wildman–Crippen MR) is 76.9 cm³/mol. The van der Waals surface area contributed by atoms with Crippen LogP contribution < -0.4 is 5.32 Å². The third kappa shape index (κ3) is 3.24. The number of hydrogen-bond acceptors (Lipinski definition) is 2. The van der Waals surface area contributed by atoms with Crippen molar-refractivity contribution in [3.8, 4) is 0 Å². The van der Waals surface area contributed by atoms with Crippen molar-refractivity contribution in [1.82, 2.24) is 15.1 Å². The van der Waals surface area contributed by atoms with Crippen molar-refractivity contribution >= 4 is 0 Å². The molecule has 2 aromatic rings. The van der Waals surface area contributed by atoms with Crippen LogP contribution in [-0.4, -0.2) is 16.3 Å². The average Bonchev–Trinajstić information content (AvgIpc) is 3.13. The van der Waals surface area contributed by atoms with Gasteiger partial charge in [-0.2, -0.15) is 5.10 Å². The Bertz CT molecular complexity index is 497. The predicted octanol–water partition coefficient (Wildman–Crippen LogP) is 2.93. The summed E-state index contributed by atoms with van der Waals surface area (Å²) in [6.45, 7) is 4.04. The van der Waals surface area contributed by atoms with Crippen molar-refractivity contribution in [2.24, 2.45) is 5.92 Å². The van der Waals surface area contributed by atoms with Crippen molar-refractivity contribution in [2.75, 3.05) is 6.54 Å². The highest BCUT2D eigenvalue weighted by Crippen LogP contribution is 2.40. The van der Waals surface area contributed by atoms with Crippen LogP contribution in [0.2, 0.25) is 0 Å². The summed E-state index contributed by atoms with van der Waals surface area (Å²) in [5.74, 6) is 0.820. The van der Waals surface area contributed by atoms with Gasteiger partial charge in [-0.1, -0.05) is 29.8 Å². The largest absolute Gasteiger partial charge is 0.308 e. The lowest BCUT2D eigenvalue weighted by molar-refractivity contribution is 0.450. The first-order valence-corrected chi connectivity index (χ1v) is 7.10. The molecule has 1 heterocycles. The molecular formula is C16H21N3. The molecule has 0 aliphatic heterocycles. The van der Waals surface area contributed by atoms with Crippen molar-refractivity contribution < 1.29 is 0 Å². The van der Waals surface area contributed by atoms with E-state index >= 15 is 0 Å². The lowest BCUT2D eigenvalue weighted by Gasteiger charge is -2.19. The van der Waals surface area contributed by atoms with E-state index in [1.807, 2.05) is 23.1 Å². The second-order valence-corrected chi connectivity index (χ2v) is 5.45. The molecule has 1 atom stereocenters. The van der Waals surface area contributed by atoms with Crippen molar-refractivity contribution in [2.45, 2.75) is 32.4 Å². The van der Waals surface area contributed by atoms with Crippen molar-refractivity contribution in [1.29, 1.82) is 0 Å². The normalized spacial score (nSPS) is 16.5. The Morgan fingerprint density at radius 3 is 2.74 bits per heavy atom. The first-order valence-electron chi connectivity index (χ1n) is 7.10. The number of nitrogens with zero attached hydrogens (tertiary/aromatic N) is 2. The molecule has 0 bridgehead atoms. The lowest BCUT2D eigenvalue weighted by atomic mass is 10.0. The first kappa shape index (κ1) is 12.4. The van der Waals surface area contributed by atoms with Gasteiger partial charge in [0, 0.05) is 25.0 Å². The first-order chi connectivity index (χ1) is 9.33. The number of aryl methyl sites for hydroxylation is 1. The quantitative estimate of drug-likeness (QED) is 0.860. The van der Waals surface area contributed by atoms with Crippen molar-refractivity contribution in [3.63, 3.8) is 0 Å². The van der Waals surface area contributed by atoms with Gasteiger partial charge >= 0.3 is 0 Å². The van der Waals surface area contributed by atoms with Gasteiger partial charge in [0.1, 0.15) is 0 Å². The summed E-state index contributed by atoms with van der Waals surface area (Å²) < 4.78 is 1.98. The second-order valence-electron chi connectivity index (χ2n) is 5.45. The van der Waals surface area contributed by atoms with E-state index in [4.69, 9.17) is 0 Å². The van der Waals surface area contributed by atoms with E-state index in [1.165, 1.54) is 24.0 Å². The Labute approximate surface area is 114 Å². The zero-order valence-corrected chi connectivity index (χ0v) is 11.4. The summed E-state index contributed by atoms with van der Waals surface area (Å²) in [4.78, 5) is 0. The molecule has 3 nitrogen and oxygen atoms in total. The van der Waals surface area contributed by atoms with E-state index < -0.39 is 0 Å². The van der Waals surface area contributed by atoms with Gasteiger partial charge in [-0.15, -0.1) is 0 Å². The fourth-order valence-electron chi connectivity index (χ4n) is 2.53. The van der Waals surface area contributed by atoms with Crippen LogP contribution in [0.25, 0.3) is 0 Å². The molecule has 3 heteroatoms. The van der Waals surface area contributed by atoms with E-state index in [1.54, 1.807) is 0 Å². The Kier molecular flexibility index (Phi) is 3.65. The van der Waals surface area contributed by atoms with Crippen LogP contribution in [0.4, 0.5) is 0 Å². The van der Waals surface area contributed by atoms with Crippen molar-refractivity contribution in [3.05, 3.63) is 53.9 Å². The van der Waals surface area contributed by atoms with Gasteiger partial charge in [0.05, 0.1) is 6.54 Å². The second kappa shape index (κ2) is 5.57. The van der Waals surface area contributed by atoms with Gasteiger partial charge in [-0.05, 0) is 37.3 Å². The maximum Gasteiger partial charge on any atom is 0.0534 e. The zero-order chi connectivity index (χ0) is 13.1. The monoisotopic (exact) mass is 255 g/mol. The summed E-state index contributed by atoms with van der Waals surface area (Å²) in [6, 6.07) is 11.4. The molecule has 1 saturated carbocycles. The van der Waals surface area contributed by atoms with E-state index in [0.29, 0.717) is 6.04 Å². The number of rotatable bonds is 6. The SMILES string of the molecule is Cc1ccc(C(NCCn2cccn2)C2CC2)cc1. The molecule has 1 N–H and O–H groups in total. The summed E-state index contributed by atoms with van der Waals surface area (Å²) in [5, 5.41) is 7.93. The molecule has 1 aliphatic rings. The molecule has 0 spiro atoms. The standard InChI is InChI=1S/C16H21N3/c1-13-3-5-14(6-4-13)16(15-7-8-15)17-10-12-19-11-2-9-18-19/h2-6,9,11,15-17H,7-8,10,12H2,1H3. The number of benzene rings is 1. The van der Waals surface area contributed by atoms with E-state index in [-0.39, 0.29) is 0 Å². The Morgan fingerprint density at radius 2 is 2.11 bits per heavy atom. The topological polar surface area (TPSA) is 29.9 Å². The molecule has 0 saturated heterocycles. The average molecular weight is 255 g/mol. The molecule has 1 aromatic heterocycles. The molecule has 1 aromatic carbocycles. The molecule has 19 heavy (non-hydrogen) atoms. The fraction of sp³-hybridized carbons (Fsp3) is 0.438. The summed E-state index contributed by atoms with van der Waals surface area (Å²) in [6.07, 6.45) is 6.55. The van der Waals surface area contributed by atoms with E-state index in [0.717, 1.165) is 19.0 Å². The van der Waals surface area contributed by atoms with Crippen LogP contribution in [0.1, 0.15) is 30.0 Å². The van der Waals surface area contributed by atoms with Crippen LogP contribution in [0.15, 0.2) is 42.7 Å². The minimum Gasteiger partial charge on any atom is -0.308 e. The van der Waals surface area contributed by atoms with Crippen LogP contribution in [-0.2, 0) is 6.54 Å². The minimum absolute atomic E-state index is 0.510. The third-order valence-corrected chi connectivity index (χ3v) is 3.79. The summed E-state index contributed by atoms with van der Waals surface area (Å²) in [7, 11) is 0. The highest BCUT2D eigenvalue weighted by Gasteiger charge is 2.31. The summed E-state index contributed by atoms with van der Waals surface area (Å²) in [5.41, 5.74) is 2.75. The molecule has 100 valence electrons. The fourth-order valence-corrected chi connectivity index (χ4v) is 2.53. The van der Waals surface area contributed by atoms with E-state index in [9.17, 15) is 0 Å². The van der Waals surface area contributed by atoms with Gasteiger partial charge in [0.15, 0.2) is 0 Å². The van der Waals surface area contributed by atoms with Gasteiger partial charge < -0.3 is 5.32 Å². The molecule has 1 unspecified atom stereocenters. The number of aromatic nitrogens is 2. The molecule has 1 fully saturated rings. The van der Waals surface area contributed by atoms with Gasteiger partial charge in [-0.25, -0.2) is 0 Å². The van der Waals surface area contributed by atoms with Gasteiger partial charge in [0.2, 0.25) is 0 Å². The van der Waals surface area contributed by atoms with E-state index in [2.05, 4.69) is 41.6 Å². The smallest absolute Gasteiger partial charge is 0.0534 e. The number of nitrogens with one attached hydrogen (secondary N) is 1. The maximum absolute atomic E-state index is 4.23. The molecule has 3 rings (SSSR count). The summed E-state index contributed by atoms with van der Waals surface area (Å²) >= 11 is 0. The highest BCUT2D eigenvalue weighted by atomic mass is 15.3. The van der Waals surface area contributed by atoms with Crippen LogP contribution in [0.5, 0.6) is 0 Å². The molecule has 0 amide bonds. The van der Waals surface area contributed by atoms with Gasteiger partial charge in [0.25, 0.3) is 0 Å². The Balaban J connectivity index is 1.60. The lowest BCUT2D eigenvalue weighted by Crippen LogP contribution is -2.27. The Hall–Kier alpha value is -1.61. The molecular weight excluding hydrogens is 234 g/mol. The van der Waals surface area contributed by atoms with Crippen LogP contribution in [0.3, 0.4) is 0 Å². The molecule has 1 aliphatic carbocycles. The zero-order valence-electron chi connectivity index (χ0n) is 11.4. The maximum atomic E-state index is 4.23.